The Bertz CT molecular complexity index is 3110. The summed E-state index contributed by atoms with van der Waals surface area (Å²) in [5, 5.41) is 9.71. The molecule has 0 bridgehead atoms. The minimum absolute atomic E-state index is 0.876. The van der Waals surface area contributed by atoms with Gasteiger partial charge in [0.15, 0.2) is 0 Å². The number of hydrogen-bond donors (Lipinski definition) is 0. The van der Waals surface area contributed by atoms with Gasteiger partial charge < -0.3 is 13.9 Å². The van der Waals surface area contributed by atoms with Crippen molar-refractivity contribution in [2.45, 2.75) is 0 Å². The van der Waals surface area contributed by atoms with E-state index in [1.165, 1.54) is 47.2 Å². The molecule has 11 aromatic rings. The summed E-state index contributed by atoms with van der Waals surface area (Å²) in [4.78, 5) is 2.51. The summed E-state index contributed by atoms with van der Waals surface area (Å²) in [5.41, 5.74) is 8.62. The van der Waals surface area contributed by atoms with Crippen LogP contribution in [-0.2, 0) is 0 Å². The Balaban J connectivity index is 1.35. The molecule has 3 heterocycles. The summed E-state index contributed by atoms with van der Waals surface area (Å²) in [7, 11) is 0. The monoisotopic (exact) mass is 656 g/mol. The van der Waals surface area contributed by atoms with E-state index in [1.54, 1.807) is 0 Å². The lowest BCUT2D eigenvalue weighted by molar-refractivity contribution is 0.669. The normalized spacial score (nSPS) is 12.0. The molecule has 50 heavy (non-hydrogen) atoms. The van der Waals surface area contributed by atoms with Crippen LogP contribution in [0.15, 0.2) is 174 Å². The smallest absolute Gasteiger partial charge is 0.137 e. The summed E-state index contributed by atoms with van der Waals surface area (Å²) >= 11 is 1.87. The Hall–Kier alpha value is -6.36. The standard InChI is InChI=1S/C46H28N2OS/c1-2-15-30(16-3-1)47-35-21-9-6-18-32(35)44-36(47)22-12-23-37(44)48(38-24-13-26-41-45(38)33-19-7-10-25-40(33)49-41)39-28-29-14-4-5-17-31(29)43-34-20-8-11-27-42(34)50-46(39)43/h1-28H. The van der Waals surface area contributed by atoms with Gasteiger partial charge in [0.05, 0.1) is 38.2 Å². The van der Waals surface area contributed by atoms with E-state index in [-0.39, 0.29) is 0 Å². The second kappa shape index (κ2) is 10.6. The van der Waals surface area contributed by atoms with Crippen molar-refractivity contribution in [1.82, 2.24) is 4.57 Å². The van der Waals surface area contributed by atoms with E-state index in [0.717, 1.165) is 50.2 Å². The molecular weight excluding hydrogens is 629 g/mol. The van der Waals surface area contributed by atoms with Crippen LogP contribution in [0.25, 0.3) is 80.4 Å². The van der Waals surface area contributed by atoms with Gasteiger partial charge in [0.25, 0.3) is 0 Å². The van der Waals surface area contributed by atoms with Crippen LogP contribution in [0.1, 0.15) is 0 Å². The molecule has 0 saturated heterocycles. The van der Waals surface area contributed by atoms with E-state index < -0.39 is 0 Å². The fourth-order valence-corrected chi connectivity index (χ4v) is 9.32. The lowest BCUT2D eigenvalue weighted by atomic mass is 10.0. The average molecular weight is 657 g/mol. The molecular formula is C46H28N2OS. The molecule has 0 aliphatic heterocycles. The van der Waals surface area contributed by atoms with Gasteiger partial charge in [-0.3, -0.25) is 0 Å². The summed E-state index contributed by atoms with van der Waals surface area (Å²) in [6.45, 7) is 0. The van der Waals surface area contributed by atoms with Crippen molar-refractivity contribution in [3.05, 3.63) is 170 Å². The largest absolute Gasteiger partial charge is 0.456 e. The van der Waals surface area contributed by atoms with E-state index in [9.17, 15) is 0 Å². The number of furan rings is 1. The lowest BCUT2D eigenvalue weighted by Crippen LogP contribution is -2.11. The second-order valence-corrected chi connectivity index (χ2v) is 13.9. The fourth-order valence-electron chi connectivity index (χ4n) is 8.10. The Morgan fingerprint density at radius 2 is 1.08 bits per heavy atom. The number of thiophene rings is 1. The van der Waals surface area contributed by atoms with Crippen molar-refractivity contribution in [1.29, 1.82) is 0 Å². The average Bonchev–Trinajstić information content (AvgIpc) is 3.86. The first kappa shape index (κ1) is 27.6. The van der Waals surface area contributed by atoms with Gasteiger partial charge in [-0.05, 0) is 71.4 Å². The summed E-state index contributed by atoms with van der Waals surface area (Å²) < 4.78 is 11.5. The zero-order chi connectivity index (χ0) is 32.8. The third-order valence-corrected chi connectivity index (χ3v) is 11.3. The Kier molecular flexibility index (Phi) is 5.83. The number of fused-ring (bicyclic) bond motifs is 11. The Morgan fingerprint density at radius 1 is 0.440 bits per heavy atom. The van der Waals surface area contributed by atoms with Gasteiger partial charge >= 0.3 is 0 Å². The first-order valence-electron chi connectivity index (χ1n) is 16.9. The molecule has 0 atom stereocenters. The highest BCUT2D eigenvalue weighted by molar-refractivity contribution is 7.26. The lowest BCUT2D eigenvalue weighted by Gasteiger charge is -2.28. The number of hydrogen-bond acceptors (Lipinski definition) is 3. The van der Waals surface area contributed by atoms with Gasteiger partial charge in [0.2, 0.25) is 0 Å². The molecule has 0 fully saturated rings. The van der Waals surface area contributed by atoms with E-state index >= 15 is 0 Å². The second-order valence-electron chi connectivity index (χ2n) is 12.9. The quantitative estimate of drug-likeness (QED) is 0.188. The fraction of sp³-hybridized carbons (Fsp3) is 0. The van der Waals surface area contributed by atoms with E-state index in [4.69, 9.17) is 4.42 Å². The minimum atomic E-state index is 0.876. The molecule has 0 spiro atoms. The van der Waals surface area contributed by atoms with Crippen LogP contribution in [-0.4, -0.2) is 4.57 Å². The third-order valence-electron chi connectivity index (χ3n) is 10.1. The van der Waals surface area contributed by atoms with Gasteiger partial charge in [0, 0.05) is 37.3 Å². The van der Waals surface area contributed by atoms with Gasteiger partial charge in [-0.2, -0.15) is 0 Å². The molecule has 0 amide bonds. The first-order chi connectivity index (χ1) is 24.8. The highest BCUT2D eigenvalue weighted by Gasteiger charge is 2.26. The molecule has 3 aromatic heterocycles. The topological polar surface area (TPSA) is 21.3 Å². The summed E-state index contributed by atoms with van der Waals surface area (Å²) in [6, 6.07) is 61.2. The van der Waals surface area contributed by atoms with Gasteiger partial charge in [0.1, 0.15) is 11.2 Å². The predicted octanol–water partition coefficient (Wildman–Crippen LogP) is 13.7. The maximum absolute atomic E-state index is 6.51. The van der Waals surface area contributed by atoms with Crippen LogP contribution in [0.3, 0.4) is 0 Å². The van der Waals surface area contributed by atoms with Crippen LogP contribution >= 0.6 is 11.3 Å². The van der Waals surface area contributed by atoms with Crippen LogP contribution in [0.2, 0.25) is 0 Å². The molecule has 0 unspecified atom stereocenters. The van der Waals surface area contributed by atoms with Gasteiger partial charge in [-0.1, -0.05) is 109 Å². The number of rotatable bonds is 4. The zero-order valence-electron chi connectivity index (χ0n) is 26.9. The molecule has 8 aromatic carbocycles. The van der Waals surface area contributed by atoms with Crippen molar-refractivity contribution < 1.29 is 4.42 Å². The molecule has 0 N–H and O–H groups in total. The van der Waals surface area contributed by atoms with Crippen molar-refractivity contribution in [3.63, 3.8) is 0 Å². The third kappa shape index (κ3) is 3.85. The number of nitrogens with zero attached hydrogens (tertiary/aromatic N) is 2. The van der Waals surface area contributed by atoms with E-state index in [0.29, 0.717) is 0 Å². The maximum Gasteiger partial charge on any atom is 0.137 e. The molecule has 4 heteroatoms. The van der Waals surface area contributed by atoms with Crippen molar-refractivity contribution in [2.75, 3.05) is 4.90 Å². The number of anilines is 3. The molecule has 0 saturated carbocycles. The van der Waals surface area contributed by atoms with Crippen LogP contribution in [0, 0.1) is 0 Å². The molecule has 0 aliphatic carbocycles. The van der Waals surface area contributed by atoms with Crippen molar-refractivity contribution in [3.8, 4) is 5.69 Å². The van der Waals surface area contributed by atoms with Crippen LogP contribution in [0.5, 0.6) is 0 Å². The summed E-state index contributed by atoms with van der Waals surface area (Å²) in [6.07, 6.45) is 0. The van der Waals surface area contributed by atoms with Crippen LogP contribution < -0.4 is 4.90 Å². The van der Waals surface area contributed by atoms with Crippen LogP contribution in [0.4, 0.5) is 17.1 Å². The van der Waals surface area contributed by atoms with Crippen molar-refractivity contribution >= 4 is 103 Å². The molecule has 0 radical (unpaired) electrons. The number of para-hydroxylation sites is 3. The highest BCUT2D eigenvalue weighted by atomic mass is 32.1. The predicted molar refractivity (Wildman–Crippen MR) is 213 cm³/mol. The minimum Gasteiger partial charge on any atom is -0.456 e. The first-order valence-corrected chi connectivity index (χ1v) is 17.8. The van der Waals surface area contributed by atoms with Crippen molar-refractivity contribution in [2.24, 2.45) is 0 Å². The zero-order valence-corrected chi connectivity index (χ0v) is 27.7. The molecule has 0 aliphatic rings. The SMILES string of the molecule is c1ccc(-n2c3ccccc3c3c(N(c4cc5ccccc5c5c4sc4ccccc45)c4cccc5oc6ccccc6c45)cccc32)cc1. The number of benzene rings is 8. The molecule has 234 valence electrons. The maximum atomic E-state index is 6.51. The van der Waals surface area contributed by atoms with E-state index in [1.807, 2.05) is 17.4 Å². The highest BCUT2D eigenvalue weighted by Crippen LogP contribution is 2.52. The molecule has 3 nitrogen and oxygen atoms in total. The van der Waals surface area contributed by atoms with Gasteiger partial charge in [-0.15, -0.1) is 11.3 Å². The van der Waals surface area contributed by atoms with Gasteiger partial charge in [-0.25, -0.2) is 0 Å². The molecule has 11 rings (SSSR count). The Labute approximate surface area is 291 Å². The Morgan fingerprint density at radius 3 is 1.96 bits per heavy atom. The van der Waals surface area contributed by atoms with E-state index in [2.05, 4.69) is 173 Å². The summed E-state index contributed by atoms with van der Waals surface area (Å²) in [5.74, 6) is 0. The number of aromatic nitrogens is 1.